The van der Waals surface area contributed by atoms with Gasteiger partial charge in [-0.2, -0.15) is 0 Å². The van der Waals surface area contributed by atoms with Crippen molar-refractivity contribution in [3.05, 3.63) is 35.1 Å². The summed E-state index contributed by atoms with van der Waals surface area (Å²) >= 11 is 0. The lowest BCUT2D eigenvalue weighted by molar-refractivity contribution is 0.617. The molecule has 0 unspecified atom stereocenters. The molecule has 0 aromatic heterocycles. The first-order chi connectivity index (χ1) is 7.99. The zero-order chi connectivity index (χ0) is 12.8. The highest BCUT2D eigenvalue weighted by Crippen LogP contribution is 2.09. The van der Waals surface area contributed by atoms with Gasteiger partial charge in [-0.1, -0.05) is 26.0 Å². The van der Waals surface area contributed by atoms with Crippen LogP contribution in [-0.2, 0) is 6.54 Å². The van der Waals surface area contributed by atoms with Gasteiger partial charge in [-0.05, 0) is 30.0 Å². The minimum absolute atomic E-state index is 0.191. The summed E-state index contributed by atoms with van der Waals surface area (Å²) in [4.78, 5) is 4.20. The zero-order valence-electron chi connectivity index (χ0n) is 10.6. The average molecular weight is 237 g/mol. The van der Waals surface area contributed by atoms with Gasteiger partial charge in [0.2, 0.25) is 0 Å². The normalized spacial score (nSPS) is 11.9. The van der Waals surface area contributed by atoms with Gasteiger partial charge in [0.05, 0.1) is 6.54 Å². The van der Waals surface area contributed by atoms with Gasteiger partial charge in [0.15, 0.2) is 5.96 Å². The lowest BCUT2D eigenvalue weighted by atomic mass is 10.1. The summed E-state index contributed by atoms with van der Waals surface area (Å²) in [6.45, 7) is 7.21. The van der Waals surface area contributed by atoms with E-state index in [4.69, 9.17) is 5.73 Å². The van der Waals surface area contributed by atoms with Gasteiger partial charge in [-0.25, -0.2) is 9.38 Å². The highest BCUT2D eigenvalue weighted by molar-refractivity contribution is 5.77. The Labute approximate surface area is 102 Å². The molecule has 3 nitrogen and oxygen atoms in total. The SMILES string of the molecule is Cc1cc(CN=C(N)NCC(C)C)ccc1F. The highest BCUT2D eigenvalue weighted by atomic mass is 19.1. The van der Waals surface area contributed by atoms with Gasteiger partial charge < -0.3 is 11.1 Å². The maximum absolute atomic E-state index is 13.0. The monoisotopic (exact) mass is 237 g/mol. The van der Waals surface area contributed by atoms with Crippen molar-refractivity contribution < 1.29 is 4.39 Å². The van der Waals surface area contributed by atoms with E-state index in [-0.39, 0.29) is 5.82 Å². The summed E-state index contributed by atoms with van der Waals surface area (Å²) in [5, 5.41) is 3.03. The molecule has 0 amide bonds. The summed E-state index contributed by atoms with van der Waals surface area (Å²) < 4.78 is 13.0. The fraction of sp³-hybridized carbons (Fsp3) is 0.462. The quantitative estimate of drug-likeness (QED) is 0.623. The molecule has 0 saturated carbocycles. The minimum atomic E-state index is -0.191. The number of rotatable bonds is 4. The van der Waals surface area contributed by atoms with Crippen LogP contribution in [0.1, 0.15) is 25.0 Å². The van der Waals surface area contributed by atoms with E-state index in [1.807, 2.05) is 0 Å². The number of nitrogens with two attached hydrogens (primary N) is 1. The topological polar surface area (TPSA) is 50.4 Å². The van der Waals surface area contributed by atoms with E-state index in [9.17, 15) is 4.39 Å². The fourth-order valence-corrected chi connectivity index (χ4v) is 1.35. The van der Waals surface area contributed by atoms with Gasteiger partial charge in [0.1, 0.15) is 5.82 Å². The highest BCUT2D eigenvalue weighted by Gasteiger charge is 1.99. The van der Waals surface area contributed by atoms with Gasteiger partial charge in [-0.3, -0.25) is 0 Å². The largest absolute Gasteiger partial charge is 0.370 e. The van der Waals surface area contributed by atoms with E-state index in [1.54, 1.807) is 19.1 Å². The Morgan fingerprint density at radius 3 is 2.76 bits per heavy atom. The second kappa shape index (κ2) is 6.23. The summed E-state index contributed by atoms with van der Waals surface area (Å²) in [6, 6.07) is 4.97. The van der Waals surface area contributed by atoms with Crippen molar-refractivity contribution in [2.24, 2.45) is 16.6 Å². The number of hydrogen-bond donors (Lipinski definition) is 2. The fourth-order valence-electron chi connectivity index (χ4n) is 1.35. The van der Waals surface area contributed by atoms with E-state index in [2.05, 4.69) is 24.2 Å². The van der Waals surface area contributed by atoms with E-state index in [1.165, 1.54) is 6.07 Å². The lowest BCUT2D eigenvalue weighted by Crippen LogP contribution is -2.34. The third kappa shape index (κ3) is 4.85. The minimum Gasteiger partial charge on any atom is -0.370 e. The van der Waals surface area contributed by atoms with E-state index >= 15 is 0 Å². The van der Waals surface area contributed by atoms with E-state index < -0.39 is 0 Å². The van der Waals surface area contributed by atoms with Crippen LogP contribution in [0.15, 0.2) is 23.2 Å². The van der Waals surface area contributed by atoms with Crippen LogP contribution in [0, 0.1) is 18.7 Å². The Morgan fingerprint density at radius 2 is 2.18 bits per heavy atom. The number of aryl methyl sites for hydroxylation is 1. The number of guanidine groups is 1. The van der Waals surface area contributed by atoms with Crippen molar-refractivity contribution in [2.45, 2.75) is 27.3 Å². The van der Waals surface area contributed by atoms with Gasteiger partial charge in [-0.15, -0.1) is 0 Å². The third-order valence-corrected chi connectivity index (χ3v) is 2.35. The smallest absolute Gasteiger partial charge is 0.188 e. The van der Waals surface area contributed by atoms with Crippen molar-refractivity contribution in [2.75, 3.05) is 6.54 Å². The van der Waals surface area contributed by atoms with Crippen molar-refractivity contribution in [1.29, 1.82) is 0 Å². The van der Waals surface area contributed by atoms with Gasteiger partial charge in [0.25, 0.3) is 0 Å². The molecule has 0 aliphatic rings. The van der Waals surface area contributed by atoms with Crippen LogP contribution >= 0.6 is 0 Å². The number of hydrogen-bond acceptors (Lipinski definition) is 1. The Morgan fingerprint density at radius 1 is 1.47 bits per heavy atom. The molecule has 17 heavy (non-hydrogen) atoms. The molecule has 0 aliphatic carbocycles. The summed E-state index contributed by atoms with van der Waals surface area (Å²) in [7, 11) is 0. The summed E-state index contributed by atoms with van der Waals surface area (Å²) in [5.41, 5.74) is 7.29. The molecule has 0 radical (unpaired) electrons. The molecule has 0 atom stereocenters. The second-order valence-electron chi connectivity index (χ2n) is 4.56. The van der Waals surface area contributed by atoms with Gasteiger partial charge in [0, 0.05) is 6.54 Å². The van der Waals surface area contributed by atoms with Crippen molar-refractivity contribution in [3.63, 3.8) is 0 Å². The number of halogens is 1. The molecule has 3 N–H and O–H groups in total. The summed E-state index contributed by atoms with van der Waals surface area (Å²) in [5.74, 6) is 0.765. The van der Waals surface area contributed by atoms with Crippen molar-refractivity contribution in [3.8, 4) is 0 Å². The molecule has 4 heteroatoms. The molecule has 0 bridgehead atoms. The first-order valence-corrected chi connectivity index (χ1v) is 5.78. The van der Waals surface area contributed by atoms with Crippen LogP contribution in [0.3, 0.4) is 0 Å². The number of benzene rings is 1. The zero-order valence-corrected chi connectivity index (χ0v) is 10.6. The third-order valence-electron chi connectivity index (χ3n) is 2.35. The van der Waals surface area contributed by atoms with Crippen LogP contribution in [-0.4, -0.2) is 12.5 Å². The molecular weight excluding hydrogens is 217 g/mol. The van der Waals surface area contributed by atoms with Gasteiger partial charge >= 0.3 is 0 Å². The molecule has 0 aliphatic heterocycles. The Kier molecular flexibility index (Phi) is 4.94. The first-order valence-electron chi connectivity index (χ1n) is 5.78. The average Bonchev–Trinajstić information content (AvgIpc) is 2.28. The van der Waals surface area contributed by atoms with Crippen LogP contribution in [0.2, 0.25) is 0 Å². The molecule has 0 saturated heterocycles. The number of nitrogens with zero attached hydrogens (tertiary/aromatic N) is 1. The molecule has 1 aromatic carbocycles. The molecular formula is C13H20FN3. The molecule has 94 valence electrons. The number of nitrogens with one attached hydrogen (secondary N) is 1. The van der Waals surface area contributed by atoms with Crippen LogP contribution < -0.4 is 11.1 Å². The first kappa shape index (κ1) is 13.5. The Hall–Kier alpha value is -1.58. The van der Waals surface area contributed by atoms with Crippen molar-refractivity contribution in [1.82, 2.24) is 5.32 Å². The van der Waals surface area contributed by atoms with Crippen LogP contribution in [0.25, 0.3) is 0 Å². The summed E-state index contributed by atoms with van der Waals surface area (Å²) in [6.07, 6.45) is 0. The van der Waals surface area contributed by atoms with Crippen LogP contribution in [0.5, 0.6) is 0 Å². The molecule has 0 spiro atoms. The molecule has 0 fully saturated rings. The molecule has 1 rings (SSSR count). The van der Waals surface area contributed by atoms with Crippen LogP contribution in [0.4, 0.5) is 4.39 Å². The van der Waals surface area contributed by atoms with E-state index in [0.29, 0.717) is 24.0 Å². The molecule has 0 heterocycles. The predicted octanol–water partition coefficient (Wildman–Crippen LogP) is 2.19. The Bertz CT molecular complexity index is 400. The number of aliphatic imine (C=N–C) groups is 1. The Balaban J connectivity index is 2.53. The predicted molar refractivity (Wildman–Crippen MR) is 69.3 cm³/mol. The lowest BCUT2D eigenvalue weighted by Gasteiger charge is -2.08. The molecule has 1 aromatic rings. The second-order valence-corrected chi connectivity index (χ2v) is 4.56. The van der Waals surface area contributed by atoms with E-state index in [0.717, 1.165) is 12.1 Å². The maximum Gasteiger partial charge on any atom is 0.188 e. The van der Waals surface area contributed by atoms with Crippen molar-refractivity contribution >= 4 is 5.96 Å². The standard InChI is InChI=1S/C13H20FN3/c1-9(2)7-16-13(15)17-8-11-4-5-12(14)10(3)6-11/h4-6,9H,7-8H2,1-3H3,(H3,15,16,17). The maximum atomic E-state index is 13.0.